The Kier molecular flexibility index (Phi) is 3.72. The van der Waals surface area contributed by atoms with E-state index >= 15 is 0 Å². The number of hydrogen-bond acceptors (Lipinski definition) is 4. The summed E-state index contributed by atoms with van der Waals surface area (Å²) in [5.41, 5.74) is 1.14. The van der Waals surface area contributed by atoms with Gasteiger partial charge in [0.25, 0.3) is 5.91 Å². The minimum absolute atomic E-state index is 0.157. The fourth-order valence-electron chi connectivity index (χ4n) is 3.02. The molecule has 22 heavy (non-hydrogen) atoms. The zero-order valence-electron chi connectivity index (χ0n) is 12.5. The third-order valence-corrected chi connectivity index (χ3v) is 5.64. The van der Waals surface area contributed by atoms with Gasteiger partial charge in [0.1, 0.15) is 11.4 Å². The maximum atomic E-state index is 12.2. The second-order valence-electron chi connectivity index (χ2n) is 6.06. The van der Waals surface area contributed by atoms with E-state index in [-0.39, 0.29) is 11.3 Å². The largest absolute Gasteiger partial charge is 0.480 e. The van der Waals surface area contributed by atoms with Gasteiger partial charge in [-0.15, -0.1) is 11.8 Å². The summed E-state index contributed by atoms with van der Waals surface area (Å²) in [6, 6.07) is 8.69. The molecule has 1 aromatic carbocycles. The van der Waals surface area contributed by atoms with Crippen LogP contribution >= 0.6 is 11.8 Å². The number of rotatable bonds is 4. The van der Waals surface area contributed by atoms with E-state index in [2.05, 4.69) is 4.99 Å². The number of β-lactam (4-membered cyclic amide) rings is 1. The molecule has 6 heteroatoms. The van der Waals surface area contributed by atoms with E-state index in [0.29, 0.717) is 6.42 Å². The summed E-state index contributed by atoms with van der Waals surface area (Å²) >= 11 is 1.52. The van der Waals surface area contributed by atoms with Gasteiger partial charge in [-0.3, -0.25) is 9.79 Å². The summed E-state index contributed by atoms with van der Waals surface area (Å²) < 4.78 is -0.490. The molecule has 0 radical (unpaired) electrons. The maximum Gasteiger partial charge on any atom is 0.327 e. The molecule has 0 bridgehead atoms. The number of hydrogen-bond donors (Lipinski definition) is 1. The summed E-state index contributed by atoms with van der Waals surface area (Å²) in [6.07, 6.45) is 2.44. The Bertz CT molecular complexity index is 630. The quantitative estimate of drug-likeness (QED) is 0.679. The molecule has 1 N–H and O–H groups in total. The van der Waals surface area contributed by atoms with Gasteiger partial charge >= 0.3 is 5.97 Å². The molecule has 2 aliphatic rings. The van der Waals surface area contributed by atoms with Gasteiger partial charge in [0.05, 0.1) is 0 Å². The Hall–Kier alpha value is -1.82. The topological polar surface area (TPSA) is 70.0 Å². The Balaban J connectivity index is 1.69. The number of aliphatic imine (C=N–C) groups is 1. The summed E-state index contributed by atoms with van der Waals surface area (Å²) in [4.78, 5) is 29.5. The molecule has 3 rings (SSSR count). The standard InChI is InChI=1S/C16H18N2O3S/c1-16(2)12(15(20)21)18-13(19)11(14(18)22-16)17-9-8-10-6-4-3-5-7-10/h3-7,9,11-12,14H,8H2,1-2H3,(H,20,21)/t11-,12+,14-/m1/s1. The van der Waals surface area contributed by atoms with Crippen molar-refractivity contribution in [3.63, 3.8) is 0 Å². The molecule has 1 amide bonds. The van der Waals surface area contributed by atoms with Crippen LogP contribution in [0.3, 0.4) is 0 Å². The van der Waals surface area contributed by atoms with Crippen LogP contribution in [0.4, 0.5) is 0 Å². The van der Waals surface area contributed by atoms with Crippen LogP contribution in [-0.2, 0) is 16.0 Å². The lowest BCUT2D eigenvalue weighted by Gasteiger charge is -2.41. The van der Waals surface area contributed by atoms with Crippen molar-refractivity contribution < 1.29 is 14.7 Å². The number of amides is 1. The lowest BCUT2D eigenvalue weighted by atomic mass is 9.96. The number of aliphatic carboxylic acids is 1. The smallest absolute Gasteiger partial charge is 0.327 e. The van der Waals surface area contributed by atoms with Crippen molar-refractivity contribution >= 4 is 29.9 Å². The van der Waals surface area contributed by atoms with E-state index in [1.165, 1.54) is 16.7 Å². The van der Waals surface area contributed by atoms with E-state index in [1.54, 1.807) is 6.21 Å². The predicted molar refractivity (Wildman–Crippen MR) is 86.2 cm³/mol. The Morgan fingerprint density at radius 3 is 2.73 bits per heavy atom. The first-order valence-electron chi connectivity index (χ1n) is 7.20. The zero-order valence-corrected chi connectivity index (χ0v) is 13.3. The molecule has 0 unspecified atom stereocenters. The van der Waals surface area contributed by atoms with Gasteiger partial charge in [-0.1, -0.05) is 30.3 Å². The highest BCUT2D eigenvalue weighted by molar-refractivity contribution is 8.01. The molecule has 0 aromatic heterocycles. The maximum absolute atomic E-state index is 12.2. The molecule has 0 spiro atoms. The van der Waals surface area contributed by atoms with Crippen LogP contribution in [0.2, 0.25) is 0 Å². The Morgan fingerprint density at radius 1 is 1.41 bits per heavy atom. The first-order valence-corrected chi connectivity index (χ1v) is 8.08. The van der Waals surface area contributed by atoms with E-state index in [4.69, 9.17) is 0 Å². The number of carbonyl (C=O) groups excluding carboxylic acids is 1. The fraction of sp³-hybridized carbons (Fsp3) is 0.438. The van der Waals surface area contributed by atoms with E-state index in [9.17, 15) is 14.7 Å². The molecule has 116 valence electrons. The molecule has 0 saturated carbocycles. The predicted octanol–water partition coefficient (Wildman–Crippen LogP) is 1.82. The van der Waals surface area contributed by atoms with Crippen molar-refractivity contribution in [2.75, 3.05) is 0 Å². The Morgan fingerprint density at radius 2 is 2.09 bits per heavy atom. The molecule has 0 aliphatic carbocycles. The average Bonchev–Trinajstić information content (AvgIpc) is 2.73. The van der Waals surface area contributed by atoms with Crippen molar-refractivity contribution in [2.45, 2.75) is 42.5 Å². The molecule has 2 heterocycles. The monoisotopic (exact) mass is 318 g/mol. The molecule has 1 aromatic rings. The number of nitrogens with zero attached hydrogens (tertiary/aromatic N) is 2. The molecule has 2 saturated heterocycles. The second-order valence-corrected chi connectivity index (χ2v) is 7.84. The molecular weight excluding hydrogens is 300 g/mol. The SMILES string of the molecule is CC1(C)S[C@@H]2[C@H](N=CCc3ccccc3)C(=O)N2[C@H]1C(=O)O. The number of benzene rings is 1. The minimum Gasteiger partial charge on any atom is -0.480 e. The number of fused-ring (bicyclic) bond motifs is 1. The molecule has 2 fully saturated rings. The van der Waals surface area contributed by atoms with Gasteiger partial charge in [0, 0.05) is 17.4 Å². The fourth-order valence-corrected chi connectivity index (χ4v) is 4.64. The normalized spacial score (nSPS) is 29.5. The first-order chi connectivity index (χ1) is 10.4. The highest BCUT2D eigenvalue weighted by Crippen LogP contribution is 2.51. The second kappa shape index (κ2) is 5.43. The van der Waals surface area contributed by atoms with Crippen molar-refractivity contribution in [1.29, 1.82) is 0 Å². The first kappa shape index (κ1) is 15.1. The van der Waals surface area contributed by atoms with Crippen LogP contribution in [0.25, 0.3) is 0 Å². The minimum atomic E-state index is -0.944. The number of thioether (sulfide) groups is 1. The van der Waals surface area contributed by atoms with Crippen molar-refractivity contribution in [3.05, 3.63) is 35.9 Å². The van der Waals surface area contributed by atoms with Gasteiger partial charge in [0.2, 0.25) is 0 Å². The Labute approximate surface area is 133 Å². The van der Waals surface area contributed by atoms with Gasteiger partial charge in [-0.05, 0) is 19.4 Å². The van der Waals surface area contributed by atoms with Crippen LogP contribution in [-0.4, -0.2) is 50.3 Å². The van der Waals surface area contributed by atoms with Gasteiger partial charge in [-0.25, -0.2) is 4.79 Å². The van der Waals surface area contributed by atoms with Crippen LogP contribution in [0.5, 0.6) is 0 Å². The summed E-state index contributed by atoms with van der Waals surface area (Å²) in [6.45, 7) is 3.74. The average molecular weight is 318 g/mol. The van der Waals surface area contributed by atoms with Crippen LogP contribution < -0.4 is 0 Å². The van der Waals surface area contributed by atoms with Gasteiger partial charge in [-0.2, -0.15) is 0 Å². The van der Waals surface area contributed by atoms with Crippen molar-refractivity contribution in [2.24, 2.45) is 4.99 Å². The molecular formula is C16H18N2O3S. The van der Waals surface area contributed by atoms with E-state index in [1.807, 2.05) is 44.2 Å². The van der Waals surface area contributed by atoms with Crippen molar-refractivity contribution in [1.82, 2.24) is 4.90 Å². The van der Waals surface area contributed by atoms with Gasteiger partial charge < -0.3 is 10.0 Å². The highest BCUT2D eigenvalue weighted by atomic mass is 32.2. The van der Waals surface area contributed by atoms with Crippen LogP contribution in [0.1, 0.15) is 19.4 Å². The molecule has 2 aliphatic heterocycles. The number of carbonyl (C=O) groups is 2. The molecule has 3 atom stereocenters. The summed E-state index contributed by atoms with van der Waals surface area (Å²) in [5.74, 6) is -1.13. The summed E-state index contributed by atoms with van der Waals surface area (Å²) in [7, 11) is 0. The highest BCUT2D eigenvalue weighted by Gasteiger charge is 2.63. The summed E-state index contributed by atoms with van der Waals surface area (Å²) in [5, 5.41) is 9.20. The lowest BCUT2D eigenvalue weighted by Crippen LogP contribution is -2.64. The van der Waals surface area contributed by atoms with Crippen LogP contribution in [0, 0.1) is 0 Å². The van der Waals surface area contributed by atoms with Gasteiger partial charge in [0.15, 0.2) is 6.04 Å². The lowest BCUT2D eigenvalue weighted by molar-refractivity contribution is -0.158. The zero-order chi connectivity index (χ0) is 15.9. The third kappa shape index (κ3) is 2.41. The van der Waals surface area contributed by atoms with E-state index < -0.39 is 22.8 Å². The van der Waals surface area contributed by atoms with E-state index in [0.717, 1.165) is 5.56 Å². The third-order valence-electron chi connectivity index (χ3n) is 4.08. The number of carboxylic acid groups (broad SMARTS) is 1. The van der Waals surface area contributed by atoms with Crippen LogP contribution in [0.15, 0.2) is 35.3 Å². The number of carboxylic acids is 1. The molecule has 5 nitrogen and oxygen atoms in total. The van der Waals surface area contributed by atoms with Crippen molar-refractivity contribution in [3.8, 4) is 0 Å².